The first-order valence-electron chi connectivity index (χ1n) is 8.44. The predicted octanol–water partition coefficient (Wildman–Crippen LogP) is 4.15. The molecule has 1 saturated heterocycles. The molecule has 0 N–H and O–H groups in total. The maximum atomic E-state index is 12.9. The fourth-order valence-corrected chi connectivity index (χ4v) is 5.00. The maximum absolute atomic E-state index is 12.9. The van der Waals surface area contributed by atoms with E-state index in [2.05, 4.69) is 5.10 Å². The van der Waals surface area contributed by atoms with Crippen molar-refractivity contribution < 1.29 is 39.5 Å². The van der Waals surface area contributed by atoms with Crippen molar-refractivity contribution in [2.75, 3.05) is 6.61 Å². The molecule has 29 heavy (non-hydrogen) atoms. The summed E-state index contributed by atoms with van der Waals surface area (Å²) < 4.78 is 109. The number of hydrogen-bond donors (Lipinski definition) is 0. The Morgan fingerprint density at radius 1 is 1.10 bits per heavy atom. The molecule has 12 heteroatoms. The standard InChI is InChI=1S/C17H16F6N2O3S/c1-25-13(9-15(24-25)17(21,22)23)14-8-12(5-6-28-14)29(26,27)11-4-2-3-10(7-11)16(18,19)20/h2-4,7,9,12,14H,5-6,8H2,1H3. The average Bonchev–Trinajstić information content (AvgIpc) is 3.03. The first kappa shape index (κ1) is 21.6. The van der Waals surface area contributed by atoms with Crippen molar-refractivity contribution in [3.8, 4) is 0 Å². The van der Waals surface area contributed by atoms with E-state index in [1.807, 2.05) is 0 Å². The number of aryl methyl sites for hydroxylation is 1. The highest BCUT2D eigenvalue weighted by Crippen LogP contribution is 2.37. The fourth-order valence-electron chi connectivity index (χ4n) is 3.22. The van der Waals surface area contributed by atoms with Gasteiger partial charge in [-0.25, -0.2) is 8.42 Å². The number of benzene rings is 1. The highest BCUT2D eigenvalue weighted by molar-refractivity contribution is 7.92. The second-order valence-electron chi connectivity index (χ2n) is 6.65. The van der Waals surface area contributed by atoms with Crippen LogP contribution in [-0.2, 0) is 34.0 Å². The summed E-state index contributed by atoms with van der Waals surface area (Å²) in [5, 5.41) is 2.28. The Balaban J connectivity index is 1.88. The predicted molar refractivity (Wildman–Crippen MR) is 88.6 cm³/mol. The molecular weight excluding hydrogens is 426 g/mol. The van der Waals surface area contributed by atoms with Gasteiger partial charge in [0.2, 0.25) is 0 Å². The molecular formula is C17H16F6N2O3S. The van der Waals surface area contributed by atoms with Gasteiger partial charge in [0.05, 0.1) is 21.4 Å². The molecule has 1 aromatic carbocycles. The maximum Gasteiger partial charge on any atom is 0.435 e. The summed E-state index contributed by atoms with van der Waals surface area (Å²) in [5.41, 5.74) is -2.19. The molecule has 0 saturated carbocycles. The largest absolute Gasteiger partial charge is 0.435 e. The van der Waals surface area contributed by atoms with Crippen LogP contribution in [0.25, 0.3) is 0 Å². The van der Waals surface area contributed by atoms with Crippen LogP contribution >= 0.6 is 0 Å². The summed E-state index contributed by atoms with van der Waals surface area (Å²) in [6, 6.07) is 4.18. The van der Waals surface area contributed by atoms with Gasteiger partial charge >= 0.3 is 12.4 Å². The molecule has 1 aliphatic heterocycles. The van der Waals surface area contributed by atoms with Crippen LogP contribution < -0.4 is 0 Å². The Kier molecular flexibility index (Phi) is 5.45. The SMILES string of the molecule is Cn1nc(C(F)(F)F)cc1C1CC(S(=O)(=O)c2cccc(C(F)(F)F)c2)CCO1. The number of alkyl halides is 6. The van der Waals surface area contributed by atoms with Gasteiger partial charge in [0.25, 0.3) is 0 Å². The molecule has 0 spiro atoms. The van der Waals surface area contributed by atoms with E-state index in [0.29, 0.717) is 6.07 Å². The van der Waals surface area contributed by atoms with Crippen molar-refractivity contribution in [3.05, 3.63) is 47.3 Å². The molecule has 0 aliphatic carbocycles. The monoisotopic (exact) mass is 442 g/mol. The summed E-state index contributed by atoms with van der Waals surface area (Å²) in [6.07, 6.45) is -10.5. The molecule has 0 radical (unpaired) electrons. The lowest BCUT2D eigenvalue weighted by molar-refractivity contribution is -0.141. The summed E-state index contributed by atoms with van der Waals surface area (Å²) in [5.74, 6) is 0. The Labute approximate surface area is 162 Å². The third kappa shape index (κ3) is 4.42. The minimum absolute atomic E-state index is 0.0130. The molecule has 1 aromatic heterocycles. The molecule has 5 nitrogen and oxygen atoms in total. The van der Waals surface area contributed by atoms with E-state index < -0.39 is 49.7 Å². The number of nitrogens with zero attached hydrogens (tertiary/aromatic N) is 2. The van der Waals surface area contributed by atoms with E-state index in [4.69, 9.17) is 4.74 Å². The highest BCUT2D eigenvalue weighted by Gasteiger charge is 2.39. The summed E-state index contributed by atoms with van der Waals surface area (Å²) in [6.45, 7) is -0.0694. The van der Waals surface area contributed by atoms with Crippen LogP contribution in [0.3, 0.4) is 0 Å². The van der Waals surface area contributed by atoms with Crippen molar-refractivity contribution >= 4 is 9.84 Å². The van der Waals surface area contributed by atoms with E-state index >= 15 is 0 Å². The van der Waals surface area contributed by atoms with Gasteiger partial charge in [0, 0.05) is 13.7 Å². The van der Waals surface area contributed by atoms with Crippen LogP contribution in [0, 0.1) is 0 Å². The van der Waals surface area contributed by atoms with Crippen LogP contribution in [0.5, 0.6) is 0 Å². The molecule has 1 fully saturated rings. The van der Waals surface area contributed by atoms with Crippen molar-refractivity contribution in [1.82, 2.24) is 9.78 Å². The normalized spacial score (nSPS) is 21.3. The number of sulfone groups is 1. The average molecular weight is 442 g/mol. The van der Waals surface area contributed by atoms with E-state index in [1.54, 1.807) is 0 Å². The van der Waals surface area contributed by atoms with E-state index in [1.165, 1.54) is 7.05 Å². The van der Waals surface area contributed by atoms with Gasteiger partial charge in [0.15, 0.2) is 15.5 Å². The Bertz CT molecular complexity index is 997. The molecule has 1 aliphatic rings. The Morgan fingerprint density at radius 3 is 2.38 bits per heavy atom. The third-order valence-electron chi connectivity index (χ3n) is 4.70. The lowest BCUT2D eigenvalue weighted by Crippen LogP contribution is -2.31. The fraction of sp³-hybridized carbons (Fsp3) is 0.471. The quantitative estimate of drug-likeness (QED) is 0.670. The van der Waals surface area contributed by atoms with Gasteiger partial charge in [-0.1, -0.05) is 6.07 Å². The highest BCUT2D eigenvalue weighted by atomic mass is 32.2. The van der Waals surface area contributed by atoms with Crippen LogP contribution in [-0.4, -0.2) is 30.1 Å². The first-order chi connectivity index (χ1) is 13.3. The van der Waals surface area contributed by atoms with Crippen LogP contribution in [0.2, 0.25) is 0 Å². The first-order valence-corrected chi connectivity index (χ1v) is 9.98. The Morgan fingerprint density at radius 2 is 1.79 bits per heavy atom. The number of hydrogen-bond acceptors (Lipinski definition) is 4. The molecule has 0 bridgehead atoms. The topological polar surface area (TPSA) is 61.2 Å². The molecule has 0 amide bonds. The van der Waals surface area contributed by atoms with Crippen LogP contribution in [0.15, 0.2) is 35.2 Å². The molecule has 3 rings (SSSR count). The zero-order valence-electron chi connectivity index (χ0n) is 15.0. The zero-order valence-corrected chi connectivity index (χ0v) is 15.8. The smallest absolute Gasteiger partial charge is 0.372 e. The minimum Gasteiger partial charge on any atom is -0.372 e. The van der Waals surface area contributed by atoms with Gasteiger partial charge in [-0.3, -0.25) is 4.68 Å². The van der Waals surface area contributed by atoms with Crippen LogP contribution in [0.1, 0.15) is 35.9 Å². The third-order valence-corrected chi connectivity index (χ3v) is 6.92. The lowest BCUT2D eigenvalue weighted by Gasteiger charge is -2.29. The van der Waals surface area contributed by atoms with Gasteiger partial charge in [0.1, 0.15) is 6.10 Å². The lowest BCUT2D eigenvalue weighted by atomic mass is 10.1. The number of halogens is 6. The molecule has 2 atom stereocenters. The molecule has 2 heterocycles. The van der Waals surface area contributed by atoms with E-state index in [9.17, 15) is 34.8 Å². The van der Waals surface area contributed by atoms with Crippen LogP contribution in [0.4, 0.5) is 26.3 Å². The second kappa shape index (κ2) is 7.31. The Hall–Kier alpha value is -2.08. The zero-order chi connectivity index (χ0) is 21.6. The summed E-state index contributed by atoms with van der Waals surface area (Å²) in [4.78, 5) is -0.487. The number of ether oxygens (including phenoxy) is 1. The molecule has 2 aromatic rings. The summed E-state index contributed by atoms with van der Waals surface area (Å²) in [7, 11) is -2.88. The van der Waals surface area contributed by atoms with Gasteiger partial charge in [-0.05, 0) is 37.1 Å². The van der Waals surface area contributed by atoms with Gasteiger partial charge < -0.3 is 4.74 Å². The number of rotatable bonds is 3. The summed E-state index contributed by atoms with van der Waals surface area (Å²) >= 11 is 0. The van der Waals surface area contributed by atoms with Gasteiger partial charge in [-0.2, -0.15) is 31.4 Å². The molecule has 2 unspecified atom stereocenters. The molecule has 160 valence electrons. The van der Waals surface area contributed by atoms with Gasteiger partial charge in [-0.15, -0.1) is 0 Å². The van der Waals surface area contributed by atoms with E-state index in [-0.39, 0.29) is 25.1 Å². The second-order valence-corrected chi connectivity index (χ2v) is 8.88. The van der Waals surface area contributed by atoms with Crippen molar-refractivity contribution in [2.24, 2.45) is 7.05 Å². The van der Waals surface area contributed by atoms with Crippen molar-refractivity contribution in [1.29, 1.82) is 0 Å². The number of aromatic nitrogens is 2. The van der Waals surface area contributed by atoms with Crippen molar-refractivity contribution in [2.45, 2.75) is 41.4 Å². The minimum atomic E-state index is -4.70. The van der Waals surface area contributed by atoms with E-state index in [0.717, 1.165) is 28.9 Å². The van der Waals surface area contributed by atoms with Crippen molar-refractivity contribution in [3.63, 3.8) is 0 Å².